The predicted octanol–water partition coefficient (Wildman–Crippen LogP) is 3.62. The van der Waals surface area contributed by atoms with Gasteiger partial charge in [0.25, 0.3) is 0 Å². The van der Waals surface area contributed by atoms with Crippen LogP contribution >= 0.6 is 0 Å². The molecule has 0 spiro atoms. The highest BCUT2D eigenvalue weighted by Gasteiger charge is 1.98. The lowest BCUT2D eigenvalue weighted by atomic mass is 10.2. The van der Waals surface area contributed by atoms with E-state index < -0.39 is 0 Å². The molecule has 1 N–H and O–H groups in total. The Morgan fingerprint density at radius 1 is 1.06 bits per heavy atom. The van der Waals surface area contributed by atoms with Gasteiger partial charge in [-0.3, -0.25) is 0 Å². The number of nitrogens with one attached hydrogen (secondary N) is 1. The van der Waals surface area contributed by atoms with Gasteiger partial charge in [0.05, 0.1) is 5.22 Å². The molecule has 0 amide bonds. The monoisotopic (exact) mass is 227 g/mol. The van der Waals surface area contributed by atoms with E-state index in [4.69, 9.17) is 0 Å². The number of nitrogens with zero attached hydrogens (tertiary/aromatic N) is 2. The molecule has 2 aromatic carbocycles. The molecule has 0 bridgehead atoms. The smallest absolute Gasteiger partial charge is 0.154 e. The first-order valence-corrected chi connectivity index (χ1v) is 5.31. The maximum Gasteiger partial charge on any atom is 0.154 e. The molecule has 0 aliphatic rings. The first-order chi connectivity index (χ1) is 8.25. The van der Waals surface area contributed by atoms with E-state index >= 15 is 0 Å². The Labute approximate surface area is 99.8 Å². The summed E-state index contributed by atoms with van der Waals surface area (Å²) in [5, 5.41) is 15.3. The van der Waals surface area contributed by atoms with E-state index in [0.717, 1.165) is 11.3 Å². The minimum Gasteiger partial charge on any atom is -0.691 e. The molecule has 2 rings (SSSR count). The van der Waals surface area contributed by atoms with Crippen molar-refractivity contribution in [1.82, 2.24) is 0 Å². The van der Waals surface area contributed by atoms with Crippen LogP contribution in [0.15, 0.2) is 59.8 Å². The lowest BCUT2D eigenvalue weighted by molar-refractivity contribution is -0.439. The summed E-state index contributed by atoms with van der Waals surface area (Å²) in [6, 6.07) is 16.5. The van der Waals surface area contributed by atoms with E-state index in [2.05, 4.69) is 10.6 Å². The Bertz CT molecular complexity index is 523. The molecule has 0 unspecified atom stereocenters. The maximum absolute atomic E-state index is 11.6. The van der Waals surface area contributed by atoms with E-state index in [-0.39, 0.29) is 0 Å². The molecule has 4 nitrogen and oxygen atoms in total. The van der Waals surface area contributed by atoms with E-state index in [1.54, 1.807) is 24.3 Å². The maximum atomic E-state index is 11.6. The molecule has 0 aliphatic carbocycles. The molecular formula is C13H13N3O. The van der Waals surface area contributed by atoms with Crippen molar-refractivity contribution in [3.05, 3.63) is 65.4 Å². The summed E-state index contributed by atoms with van der Waals surface area (Å²) in [6.07, 6.45) is 0. The van der Waals surface area contributed by atoms with Gasteiger partial charge in [-0.2, -0.15) is 0 Å². The second-order valence-corrected chi connectivity index (χ2v) is 3.69. The predicted molar refractivity (Wildman–Crippen MR) is 67.0 cm³/mol. The molecule has 4 heteroatoms. The lowest BCUT2D eigenvalue weighted by Crippen LogP contribution is -1.97. The Balaban J connectivity index is 2.11. The van der Waals surface area contributed by atoms with Gasteiger partial charge in [-0.25, -0.2) is 0 Å². The molecule has 0 saturated heterocycles. The number of hydrogen-bond acceptors (Lipinski definition) is 2. The zero-order chi connectivity index (χ0) is 12.1. The standard InChI is InChI=1S/C13H13N3O/c1-11-6-5-7-12(10-11)14-15-16(17)13-8-3-2-4-9-13/h2-10,14H,1H3. The summed E-state index contributed by atoms with van der Waals surface area (Å²) in [5.74, 6) is 0. The molecule has 0 saturated carbocycles. The molecule has 2 aromatic rings. The highest BCUT2D eigenvalue weighted by Crippen LogP contribution is 2.12. The molecule has 86 valence electrons. The number of benzene rings is 2. The quantitative estimate of drug-likeness (QED) is 0.494. The summed E-state index contributed by atoms with van der Waals surface area (Å²) in [5.41, 5.74) is 5.12. The first-order valence-electron chi connectivity index (χ1n) is 5.31. The average molecular weight is 227 g/mol. The SMILES string of the molecule is Cc1cccc(NN=[N+]([O-])c2ccccc2)c1. The van der Waals surface area contributed by atoms with Crippen molar-refractivity contribution in [2.24, 2.45) is 5.22 Å². The van der Waals surface area contributed by atoms with Gasteiger partial charge in [0.2, 0.25) is 0 Å². The van der Waals surface area contributed by atoms with E-state index in [1.165, 1.54) is 0 Å². The summed E-state index contributed by atoms with van der Waals surface area (Å²) in [7, 11) is 0. The number of anilines is 1. The molecule has 0 aromatic heterocycles. The van der Waals surface area contributed by atoms with Gasteiger partial charge in [0.15, 0.2) is 5.69 Å². The van der Waals surface area contributed by atoms with E-state index in [1.807, 2.05) is 37.3 Å². The van der Waals surface area contributed by atoms with Crippen LogP contribution in [-0.2, 0) is 0 Å². The van der Waals surface area contributed by atoms with E-state index in [9.17, 15) is 5.21 Å². The summed E-state index contributed by atoms with van der Waals surface area (Å²) >= 11 is 0. The Kier molecular flexibility index (Phi) is 3.35. The van der Waals surface area contributed by atoms with Crippen molar-refractivity contribution in [1.29, 1.82) is 0 Å². The third-order valence-corrected chi connectivity index (χ3v) is 2.27. The van der Waals surface area contributed by atoms with Crippen molar-refractivity contribution in [2.75, 3.05) is 5.43 Å². The Hall–Kier alpha value is -2.36. The average Bonchev–Trinajstić information content (AvgIpc) is 2.37. The van der Waals surface area contributed by atoms with Gasteiger partial charge < -0.3 is 5.21 Å². The third kappa shape index (κ3) is 3.04. The number of rotatable bonds is 3. The van der Waals surface area contributed by atoms with Crippen LogP contribution in [0.25, 0.3) is 0 Å². The summed E-state index contributed by atoms with van der Waals surface area (Å²) < 4.78 is 0. The summed E-state index contributed by atoms with van der Waals surface area (Å²) in [4.78, 5) is 0.558. The topological polar surface area (TPSA) is 50.5 Å². The largest absolute Gasteiger partial charge is 0.691 e. The minimum atomic E-state index is 0.493. The fourth-order valence-corrected chi connectivity index (χ4v) is 1.43. The van der Waals surface area contributed by atoms with Crippen LogP contribution < -0.4 is 5.43 Å². The number of para-hydroxylation sites is 1. The van der Waals surface area contributed by atoms with Crippen LogP contribution in [0.4, 0.5) is 11.4 Å². The van der Waals surface area contributed by atoms with Crippen LogP contribution in [0, 0.1) is 12.1 Å². The van der Waals surface area contributed by atoms with Crippen LogP contribution in [-0.4, -0.2) is 4.86 Å². The van der Waals surface area contributed by atoms with Gasteiger partial charge in [0, 0.05) is 0 Å². The zero-order valence-corrected chi connectivity index (χ0v) is 9.50. The van der Waals surface area contributed by atoms with Crippen molar-refractivity contribution in [2.45, 2.75) is 6.92 Å². The molecule has 0 aliphatic heterocycles. The Morgan fingerprint density at radius 2 is 1.82 bits per heavy atom. The van der Waals surface area contributed by atoms with Gasteiger partial charge in [-0.1, -0.05) is 30.3 Å². The molecule has 0 atom stereocenters. The number of hydrogen-bond donors (Lipinski definition) is 1. The van der Waals surface area contributed by atoms with Crippen LogP contribution in [0.5, 0.6) is 0 Å². The molecule has 0 fully saturated rings. The first kappa shape index (κ1) is 11.1. The third-order valence-electron chi connectivity index (χ3n) is 2.27. The molecule has 0 radical (unpaired) electrons. The highest BCUT2D eigenvalue weighted by atomic mass is 16.5. The van der Waals surface area contributed by atoms with Crippen molar-refractivity contribution >= 4 is 11.4 Å². The lowest BCUT2D eigenvalue weighted by Gasteiger charge is -2.04. The van der Waals surface area contributed by atoms with Gasteiger partial charge in [0.1, 0.15) is 5.69 Å². The molecule has 17 heavy (non-hydrogen) atoms. The van der Waals surface area contributed by atoms with Crippen molar-refractivity contribution < 1.29 is 4.86 Å². The molecule has 0 heterocycles. The van der Waals surface area contributed by atoms with Gasteiger partial charge in [-0.05, 0) is 36.8 Å². The normalized spacial score (nSPS) is 11.2. The fraction of sp³-hybridized carbons (Fsp3) is 0.0769. The van der Waals surface area contributed by atoms with Crippen LogP contribution in [0.3, 0.4) is 0 Å². The fourth-order valence-electron chi connectivity index (χ4n) is 1.43. The number of aryl methyl sites for hydroxylation is 1. The van der Waals surface area contributed by atoms with E-state index in [0.29, 0.717) is 10.5 Å². The highest BCUT2D eigenvalue weighted by molar-refractivity contribution is 5.44. The second kappa shape index (κ2) is 5.12. The van der Waals surface area contributed by atoms with Crippen molar-refractivity contribution in [3.63, 3.8) is 0 Å². The minimum absolute atomic E-state index is 0.493. The van der Waals surface area contributed by atoms with Gasteiger partial charge >= 0.3 is 0 Å². The molecular weight excluding hydrogens is 214 g/mol. The van der Waals surface area contributed by atoms with Crippen molar-refractivity contribution in [3.8, 4) is 0 Å². The van der Waals surface area contributed by atoms with Crippen LogP contribution in [0.1, 0.15) is 5.56 Å². The second-order valence-electron chi connectivity index (χ2n) is 3.69. The van der Waals surface area contributed by atoms with Crippen LogP contribution in [0.2, 0.25) is 0 Å². The summed E-state index contributed by atoms with van der Waals surface area (Å²) in [6.45, 7) is 1.98. The van der Waals surface area contributed by atoms with Gasteiger partial charge in [-0.15, -0.1) is 10.3 Å². The zero-order valence-electron chi connectivity index (χ0n) is 9.50. The Morgan fingerprint density at radius 3 is 2.53 bits per heavy atom.